The van der Waals surface area contributed by atoms with Crippen LogP contribution in [-0.4, -0.2) is 46.3 Å². The Kier molecular flexibility index (Phi) is 7.09. The van der Waals surface area contributed by atoms with E-state index in [1.54, 1.807) is 11.9 Å². The highest BCUT2D eigenvalue weighted by atomic mass is 19.1. The fourth-order valence-electron chi connectivity index (χ4n) is 3.53. The topological polar surface area (TPSA) is 94.9 Å². The summed E-state index contributed by atoms with van der Waals surface area (Å²) < 4.78 is 28.3. The van der Waals surface area contributed by atoms with Crippen LogP contribution in [0.2, 0.25) is 0 Å². The van der Waals surface area contributed by atoms with Gasteiger partial charge in [0.15, 0.2) is 11.4 Å². The Balaban J connectivity index is 1.96. The van der Waals surface area contributed by atoms with Crippen LogP contribution in [0.5, 0.6) is 5.75 Å². The van der Waals surface area contributed by atoms with Crippen LogP contribution >= 0.6 is 0 Å². The van der Waals surface area contributed by atoms with E-state index in [9.17, 15) is 28.3 Å². The van der Waals surface area contributed by atoms with Gasteiger partial charge in [0.05, 0.1) is 0 Å². The van der Waals surface area contributed by atoms with Crippen molar-refractivity contribution in [1.29, 1.82) is 0 Å². The van der Waals surface area contributed by atoms with Gasteiger partial charge in [0.25, 0.3) is 11.8 Å². The second-order valence-electron chi connectivity index (χ2n) is 8.81. The normalized spacial score (nSPS) is 13.6. The Morgan fingerprint density at radius 3 is 2.62 bits per heavy atom. The van der Waals surface area contributed by atoms with Crippen molar-refractivity contribution in [3.05, 3.63) is 75.7 Å². The standard InChI is InChI=1S/C24H28F2N4O4/c1-5-24(3,4)9-10-29-14-28(6-2)23(34)19-21(32)20(31)17(13-30(19)29)22(33)27-12-15-7-8-16(25)11-18(15)26/h5,7-8,11,13,32H,1,6,9-10,12,14H2,2-4H3,(H,27,33). The van der Waals surface area contributed by atoms with Crippen molar-refractivity contribution in [2.24, 2.45) is 5.41 Å². The Bertz CT molecular complexity index is 1190. The van der Waals surface area contributed by atoms with Gasteiger partial charge in [0.1, 0.15) is 23.9 Å². The summed E-state index contributed by atoms with van der Waals surface area (Å²) in [5, 5.41) is 14.8. The molecule has 8 nitrogen and oxygen atoms in total. The summed E-state index contributed by atoms with van der Waals surface area (Å²) in [6, 6.07) is 2.93. The van der Waals surface area contributed by atoms with E-state index >= 15 is 0 Å². The molecule has 0 atom stereocenters. The molecular weight excluding hydrogens is 446 g/mol. The van der Waals surface area contributed by atoms with E-state index in [-0.39, 0.29) is 29.9 Å². The number of pyridine rings is 1. The van der Waals surface area contributed by atoms with E-state index in [0.717, 1.165) is 6.07 Å². The van der Waals surface area contributed by atoms with Crippen LogP contribution in [0.1, 0.15) is 53.6 Å². The Hall–Kier alpha value is -3.69. The zero-order valence-electron chi connectivity index (χ0n) is 19.4. The minimum atomic E-state index is -1.01. The van der Waals surface area contributed by atoms with Crippen LogP contribution in [0.4, 0.5) is 8.78 Å². The quantitative estimate of drug-likeness (QED) is 0.574. The highest BCUT2D eigenvalue weighted by Gasteiger charge is 2.34. The molecule has 1 aromatic carbocycles. The third-order valence-electron chi connectivity index (χ3n) is 5.94. The molecule has 0 saturated carbocycles. The lowest BCUT2D eigenvalue weighted by Gasteiger charge is -2.40. The lowest BCUT2D eigenvalue weighted by atomic mass is 9.90. The first-order valence-electron chi connectivity index (χ1n) is 10.9. The summed E-state index contributed by atoms with van der Waals surface area (Å²) in [7, 11) is 0. The molecule has 0 bridgehead atoms. The molecule has 3 rings (SSSR count). The molecule has 0 saturated heterocycles. The number of aromatic nitrogens is 1. The number of nitrogens with zero attached hydrogens (tertiary/aromatic N) is 3. The number of aromatic hydroxyl groups is 1. The first-order chi connectivity index (χ1) is 16.0. The molecule has 2 N–H and O–H groups in total. The molecule has 1 aliphatic heterocycles. The molecule has 2 amide bonds. The zero-order valence-corrected chi connectivity index (χ0v) is 19.4. The summed E-state index contributed by atoms with van der Waals surface area (Å²) >= 11 is 0. The molecule has 0 radical (unpaired) electrons. The molecule has 1 aliphatic rings. The SMILES string of the molecule is C=CC(C)(C)CCN1CN(CC)C(=O)c2c(O)c(=O)c(C(=O)NCc3ccc(F)cc3F)cn21. The number of benzene rings is 1. The molecule has 0 fully saturated rings. The average molecular weight is 475 g/mol. The number of hydrogen-bond acceptors (Lipinski definition) is 5. The molecule has 10 heteroatoms. The number of allylic oxidation sites excluding steroid dienone is 1. The summed E-state index contributed by atoms with van der Waals surface area (Å²) in [6.07, 6.45) is 3.68. The first-order valence-corrected chi connectivity index (χ1v) is 10.9. The molecule has 2 heterocycles. The van der Waals surface area contributed by atoms with Gasteiger partial charge in [-0.2, -0.15) is 0 Å². The van der Waals surface area contributed by atoms with Crippen LogP contribution in [0.3, 0.4) is 0 Å². The molecule has 0 aliphatic carbocycles. The third kappa shape index (κ3) is 4.95. The van der Waals surface area contributed by atoms with Crippen molar-refractivity contribution in [1.82, 2.24) is 14.9 Å². The van der Waals surface area contributed by atoms with Gasteiger partial charge in [0, 0.05) is 37.5 Å². The van der Waals surface area contributed by atoms with E-state index in [1.807, 2.05) is 19.9 Å². The molecular formula is C24H28F2N4O4. The number of carbonyl (C=O) groups is 2. The second-order valence-corrected chi connectivity index (χ2v) is 8.81. The maximum absolute atomic E-state index is 13.9. The first kappa shape index (κ1) is 24.9. The van der Waals surface area contributed by atoms with E-state index in [4.69, 9.17) is 0 Å². The van der Waals surface area contributed by atoms with Crippen LogP contribution in [-0.2, 0) is 6.54 Å². The number of amides is 2. The summed E-state index contributed by atoms with van der Waals surface area (Å²) in [5.74, 6) is -3.83. The van der Waals surface area contributed by atoms with Gasteiger partial charge in [0.2, 0.25) is 5.43 Å². The molecule has 34 heavy (non-hydrogen) atoms. The van der Waals surface area contributed by atoms with Gasteiger partial charge >= 0.3 is 0 Å². The fourth-order valence-corrected chi connectivity index (χ4v) is 3.53. The molecule has 0 spiro atoms. The van der Waals surface area contributed by atoms with Gasteiger partial charge in [-0.3, -0.25) is 24.1 Å². The van der Waals surface area contributed by atoms with Crippen molar-refractivity contribution in [3.8, 4) is 5.75 Å². The van der Waals surface area contributed by atoms with E-state index < -0.39 is 40.2 Å². The average Bonchev–Trinajstić information content (AvgIpc) is 2.79. The predicted octanol–water partition coefficient (Wildman–Crippen LogP) is 2.74. The summed E-state index contributed by atoms with van der Waals surface area (Å²) in [4.78, 5) is 39.9. The predicted molar refractivity (Wildman–Crippen MR) is 123 cm³/mol. The maximum Gasteiger partial charge on any atom is 0.277 e. The van der Waals surface area contributed by atoms with E-state index in [0.29, 0.717) is 25.6 Å². The number of nitrogens with one attached hydrogen (secondary N) is 1. The number of halogens is 2. The summed E-state index contributed by atoms with van der Waals surface area (Å²) in [6.45, 7) is 10.3. The molecule has 182 valence electrons. The smallest absolute Gasteiger partial charge is 0.277 e. The minimum absolute atomic E-state index is 0.0269. The van der Waals surface area contributed by atoms with Gasteiger partial charge in [-0.25, -0.2) is 8.78 Å². The number of rotatable bonds is 8. The number of fused-ring (bicyclic) bond motifs is 1. The van der Waals surface area contributed by atoms with Crippen LogP contribution in [0.15, 0.2) is 41.8 Å². The van der Waals surface area contributed by atoms with Crippen molar-refractivity contribution >= 4 is 11.8 Å². The van der Waals surface area contributed by atoms with E-state index in [1.165, 1.54) is 21.8 Å². The molecule has 1 aromatic heterocycles. The maximum atomic E-state index is 13.9. The minimum Gasteiger partial charge on any atom is -0.502 e. The van der Waals surface area contributed by atoms with Crippen molar-refractivity contribution in [3.63, 3.8) is 0 Å². The highest BCUT2D eigenvalue weighted by Crippen LogP contribution is 2.25. The van der Waals surface area contributed by atoms with Crippen LogP contribution in [0, 0.1) is 17.0 Å². The van der Waals surface area contributed by atoms with Gasteiger partial charge in [-0.05, 0) is 24.8 Å². The Labute approximate surface area is 196 Å². The largest absolute Gasteiger partial charge is 0.502 e. The number of carbonyl (C=O) groups excluding carboxylic acids is 2. The second kappa shape index (κ2) is 9.66. The van der Waals surface area contributed by atoms with Crippen molar-refractivity contribution in [2.45, 2.75) is 33.7 Å². The van der Waals surface area contributed by atoms with Gasteiger partial charge in [-0.1, -0.05) is 26.0 Å². The number of hydrogen-bond donors (Lipinski definition) is 2. The zero-order chi connectivity index (χ0) is 25.2. The van der Waals surface area contributed by atoms with Crippen LogP contribution < -0.4 is 15.8 Å². The molecule has 2 aromatic rings. The lowest BCUT2D eigenvalue weighted by Crippen LogP contribution is -2.55. The monoisotopic (exact) mass is 474 g/mol. The Morgan fingerprint density at radius 1 is 1.29 bits per heavy atom. The van der Waals surface area contributed by atoms with E-state index in [2.05, 4.69) is 11.9 Å². The van der Waals surface area contributed by atoms with Crippen molar-refractivity contribution in [2.75, 3.05) is 24.8 Å². The molecule has 0 unspecified atom stereocenters. The highest BCUT2D eigenvalue weighted by molar-refractivity contribution is 5.99. The third-order valence-corrected chi connectivity index (χ3v) is 5.94. The fraction of sp³-hybridized carbons (Fsp3) is 0.375. The van der Waals surface area contributed by atoms with Crippen molar-refractivity contribution < 1.29 is 23.5 Å². The lowest BCUT2D eigenvalue weighted by molar-refractivity contribution is 0.0693. The van der Waals surface area contributed by atoms with Gasteiger partial charge in [-0.15, -0.1) is 6.58 Å². The summed E-state index contributed by atoms with van der Waals surface area (Å²) in [5.41, 5.74) is -1.83. The van der Waals surface area contributed by atoms with Gasteiger partial charge < -0.3 is 15.3 Å². The van der Waals surface area contributed by atoms with Crippen LogP contribution in [0.25, 0.3) is 0 Å². The Morgan fingerprint density at radius 2 is 2.00 bits per heavy atom.